The van der Waals surface area contributed by atoms with Crippen molar-refractivity contribution in [3.8, 4) is 5.75 Å². The zero-order valence-electron chi connectivity index (χ0n) is 13.9. The summed E-state index contributed by atoms with van der Waals surface area (Å²) >= 11 is 5.88. The molecule has 2 aromatic rings. The maximum Gasteiger partial charge on any atom is 0.387 e. The fourth-order valence-corrected chi connectivity index (χ4v) is 2.44. The number of likely N-dealkylation sites (N-methyl/N-ethyl adjacent to an activating group) is 1. The number of hydrogen-bond donors (Lipinski definition) is 1. The molecule has 1 unspecified atom stereocenters. The van der Waals surface area contributed by atoms with E-state index in [4.69, 9.17) is 11.6 Å². The smallest absolute Gasteiger partial charge is 0.387 e. The molecule has 1 atom stereocenters. The largest absolute Gasteiger partial charge is 0.433 e. The lowest BCUT2D eigenvalue weighted by Crippen LogP contribution is -2.32. The average Bonchev–Trinajstić information content (AvgIpc) is 2.56. The minimum Gasteiger partial charge on any atom is -0.433 e. The maximum absolute atomic E-state index is 12.4. The number of hydrogen-bond acceptors (Lipinski definition) is 3. The van der Waals surface area contributed by atoms with E-state index < -0.39 is 6.61 Å². The zero-order chi connectivity index (χ0) is 18.4. The molecule has 0 aliphatic rings. The Kier molecular flexibility index (Phi) is 6.73. The van der Waals surface area contributed by atoms with Gasteiger partial charge >= 0.3 is 6.61 Å². The molecule has 134 valence electrons. The first-order valence-electron chi connectivity index (χ1n) is 7.66. The van der Waals surface area contributed by atoms with Crippen LogP contribution in [0.25, 0.3) is 0 Å². The van der Waals surface area contributed by atoms with Crippen molar-refractivity contribution in [2.45, 2.75) is 19.6 Å². The molecule has 0 radical (unpaired) electrons. The Bertz CT molecular complexity index is 710. The monoisotopic (exact) mass is 368 g/mol. The van der Waals surface area contributed by atoms with E-state index >= 15 is 0 Å². The maximum atomic E-state index is 12.4. The lowest BCUT2D eigenvalue weighted by molar-refractivity contribution is -0.117. The molecule has 7 heteroatoms. The van der Waals surface area contributed by atoms with Gasteiger partial charge in [0, 0.05) is 11.1 Å². The van der Waals surface area contributed by atoms with Crippen LogP contribution >= 0.6 is 11.6 Å². The Hall–Kier alpha value is -2.18. The SMILES string of the molecule is CC(c1ccc(Cl)cc1)N(C)CC(=O)Nc1ccccc1OC(F)F. The lowest BCUT2D eigenvalue weighted by atomic mass is 10.1. The Morgan fingerprint density at radius 2 is 1.84 bits per heavy atom. The van der Waals surface area contributed by atoms with Gasteiger partial charge in [-0.2, -0.15) is 8.78 Å². The summed E-state index contributed by atoms with van der Waals surface area (Å²) in [7, 11) is 1.81. The number of amides is 1. The lowest BCUT2D eigenvalue weighted by Gasteiger charge is -2.24. The number of carbonyl (C=O) groups excluding carboxylic acids is 1. The van der Waals surface area contributed by atoms with Crippen LogP contribution in [0.5, 0.6) is 5.75 Å². The van der Waals surface area contributed by atoms with Crippen LogP contribution in [0.15, 0.2) is 48.5 Å². The van der Waals surface area contributed by atoms with E-state index in [-0.39, 0.29) is 29.9 Å². The molecule has 0 fully saturated rings. The number of halogens is 3. The topological polar surface area (TPSA) is 41.6 Å². The standard InChI is InChI=1S/C18H19ClF2N2O2/c1-12(13-7-9-14(19)10-8-13)23(2)11-17(24)22-15-5-3-4-6-16(15)25-18(20)21/h3-10,12,18H,11H2,1-2H3,(H,22,24). The zero-order valence-corrected chi connectivity index (χ0v) is 14.6. The number of para-hydroxylation sites is 2. The Morgan fingerprint density at radius 1 is 1.20 bits per heavy atom. The molecule has 2 aromatic carbocycles. The molecule has 0 bridgehead atoms. The highest BCUT2D eigenvalue weighted by atomic mass is 35.5. The van der Waals surface area contributed by atoms with E-state index in [0.717, 1.165) is 5.56 Å². The molecule has 0 aliphatic carbocycles. The van der Waals surface area contributed by atoms with Gasteiger partial charge in [0.1, 0.15) is 5.75 Å². The van der Waals surface area contributed by atoms with Crippen LogP contribution in [0.2, 0.25) is 5.02 Å². The minimum absolute atomic E-state index is 0.0180. The third-order valence-corrected chi connectivity index (χ3v) is 4.04. The third kappa shape index (κ3) is 5.69. The highest BCUT2D eigenvalue weighted by molar-refractivity contribution is 6.30. The van der Waals surface area contributed by atoms with Crippen molar-refractivity contribution in [3.63, 3.8) is 0 Å². The Balaban J connectivity index is 1.99. The summed E-state index contributed by atoms with van der Waals surface area (Å²) in [6.45, 7) is -0.900. The molecule has 2 rings (SSSR count). The number of anilines is 1. The van der Waals surface area contributed by atoms with Gasteiger partial charge in [-0.05, 0) is 43.8 Å². The van der Waals surface area contributed by atoms with Gasteiger partial charge in [0.25, 0.3) is 0 Å². The Labute approximate surface area is 150 Å². The van der Waals surface area contributed by atoms with E-state index in [0.29, 0.717) is 5.02 Å². The molecule has 0 saturated heterocycles. The molecule has 0 aliphatic heterocycles. The Morgan fingerprint density at radius 3 is 2.48 bits per heavy atom. The molecule has 1 amide bonds. The normalized spacial score (nSPS) is 12.3. The van der Waals surface area contributed by atoms with E-state index in [9.17, 15) is 13.6 Å². The van der Waals surface area contributed by atoms with Gasteiger partial charge < -0.3 is 10.1 Å². The van der Waals surface area contributed by atoms with Crippen LogP contribution in [-0.4, -0.2) is 31.0 Å². The van der Waals surface area contributed by atoms with Crippen molar-refractivity contribution in [3.05, 3.63) is 59.1 Å². The second-order valence-corrected chi connectivity index (χ2v) is 6.00. The van der Waals surface area contributed by atoms with Crippen LogP contribution in [0, 0.1) is 0 Å². The van der Waals surface area contributed by atoms with Crippen molar-refractivity contribution in [1.29, 1.82) is 0 Å². The molecular formula is C18H19ClF2N2O2. The summed E-state index contributed by atoms with van der Waals surface area (Å²) in [5.41, 5.74) is 1.22. The van der Waals surface area contributed by atoms with E-state index in [1.165, 1.54) is 12.1 Å². The highest BCUT2D eigenvalue weighted by Gasteiger charge is 2.17. The van der Waals surface area contributed by atoms with Crippen molar-refractivity contribution < 1.29 is 18.3 Å². The average molecular weight is 369 g/mol. The number of carbonyl (C=O) groups is 1. The molecule has 0 saturated carbocycles. The number of nitrogens with zero attached hydrogens (tertiary/aromatic N) is 1. The van der Waals surface area contributed by atoms with Gasteiger partial charge in [-0.15, -0.1) is 0 Å². The van der Waals surface area contributed by atoms with Gasteiger partial charge in [-0.3, -0.25) is 9.69 Å². The van der Waals surface area contributed by atoms with E-state index in [1.807, 2.05) is 24.0 Å². The quantitative estimate of drug-likeness (QED) is 0.778. The van der Waals surface area contributed by atoms with E-state index in [2.05, 4.69) is 10.1 Å². The minimum atomic E-state index is -2.95. The molecule has 1 N–H and O–H groups in total. The second-order valence-electron chi connectivity index (χ2n) is 5.57. The number of alkyl halides is 2. The van der Waals surface area contributed by atoms with Crippen molar-refractivity contribution in [2.24, 2.45) is 0 Å². The van der Waals surface area contributed by atoms with Crippen LogP contribution in [0.1, 0.15) is 18.5 Å². The van der Waals surface area contributed by atoms with Crippen LogP contribution < -0.4 is 10.1 Å². The fourth-order valence-electron chi connectivity index (χ4n) is 2.32. The third-order valence-electron chi connectivity index (χ3n) is 3.78. The summed E-state index contributed by atoms with van der Waals surface area (Å²) in [6, 6.07) is 13.4. The van der Waals surface area contributed by atoms with Gasteiger partial charge in [0.05, 0.1) is 12.2 Å². The summed E-state index contributed by atoms with van der Waals surface area (Å²) in [5, 5.41) is 3.25. The van der Waals surface area contributed by atoms with Gasteiger partial charge in [-0.1, -0.05) is 35.9 Å². The number of nitrogens with one attached hydrogen (secondary N) is 1. The molecule has 0 spiro atoms. The van der Waals surface area contributed by atoms with Crippen molar-refractivity contribution in [1.82, 2.24) is 4.90 Å². The number of benzene rings is 2. The summed E-state index contributed by atoms with van der Waals surface area (Å²) in [5.74, 6) is -0.395. The van der Waals surface area contributed by atoms with Crippen molar-refractivity contribution in [2.75, 3.05) is 18.9 Å². The summed E-state index contributed by atoms with van der Waals surface area (Å²) < 4.78 is 29.2. The molecule has 0 heterocycles. The van der Waals surface area contributed by atoms with Crippen LogP contribution in [0.4, 0.5) is 14.5 Å². The first-order valence-corrected chi connectivity index (χ1v) is 8.04. The molecule has 25 heavy (non-hydrogen) atoms. The summed E-state index contributed by atoms with van der Waals surface area (Å²) in [4.78, 5) is 14.1. The molecule has 4 nitrogen and oxygen atoms in total. The van der Waals surface area contributed by atoms with Gasteiger partial charge in [-0.25, -0.2) is 0 Å². The first kappa shape index (κ1) is 19.1. The predicted molar refractivity (Wildman–Crippen MR) is 94.2 cm³/mol. The van der Waals surface area contributed by atoms with Crippen molar-refractivity contribution >= 4 is 23.2 Å². The fraction of sp³-hybridized carbons (Fsp3) is 0.278. The van der Waals surface area contributed by atoms with Crippen LogP contribution in [0.3, 0.4) is 0 Å². The summed E-state index contributed by atoms with van der Waals surface area (Å²) in [6.07, 6.45) is 0. The molecular weight excluding hydrogens is 350 g/mol. The second kappa shape index (κ2) is 8.78. The number of rotatable bonds is 7. The molecule has 0 aromatic heterocycles. The predicted octanol–water partition coefficient (Wildman–Crippen LogP) is 4.57. The van der Waals surface area contributed by atoms with Gasteiger partial charge in [0.15, 0.2) is 0 Å². The van der Waals surface area contributed by atoms with Crippen LogP contribution in [-0.2, 0) is 4.79 Å². The highest BCUT2D eigenvalue weighted by Crippen LogP contribution is 2.26. The first-order chi connectivity index (χ1) is 11.9. The van der Waals surface area contributed by atoms with Gasteiger partial charge in [0.2, 0.25) is 5.91 Å². The van der Waals surface area contributed by atoms with E-state index in [1.54, 1.807) is 31.3 Å². The number of ether oxygens (including phenoxy) is 1.